The average molecular weight is 394 g/mol. The van der Waals surface area contributed by atoms with E-state index in [1.165, 1.54) is 0 Å². The summed E-state index contributed by atoms with van der Waals surface area (Å²) in [6, 6.07) is 15.2. The van der Waals surface area contributed by atoms with Crippen LogP contribution in [-0.2, 0) is 0 Å². The molecule has 1 aliphatic rings. The van der Waals surface area contributed by atoms with E-state index in [1.807, 2.05) is 42.5 Å². The van der Waals surface area contributed by atoms with Gasteiger partial charge in [0.1, 0.15) is 11.5 Å². The Kier molecular flexibility index (Phi) is 5.33. The van der Waals surface area contributed by atoms with Crippen LogP contribution in [0.25, 0.3) is 11.5 Å². The number of rotatable bonds is 5. The number of hydrogen-bond acceptors (Lipinski definition) is 7. The standard InChI is InChI=1S/C21H22N4O4/c1-27-17-9-5-3-7-15(17)19-22-23-20(29-19)21(26)25-13-11-24(12-14-25)16-8-4-6-10-18(16)28-2/h3-10H,11-14H2,1-2H3. The minimum Gasteiger partial charge on any atom is -0.496 e. The molecule has 150 valence electrons. The maximum absolute atomic E-state index is 12.8. The minimum atomic E-state index is -0.265. The molecule has 1 aromatic heterocycles. The number of para-hydroxylation sites is 3. The van der Waals surface area contributed by atoms with Crippen molar-refractivity contribution in [3.05, 3.63) is 54.4 Å². The zero-order valence-electron chi connectivity index (χ0n) is 16.4. The summed E-state index contributed by atoms with van der Waals surface area (Å²) in [5, 5.41) is 7.98. The lowest BCUT2D eigenvalue weighted by molar-refractivity contribution is 0.0707. The minimum absolute atomic E-state index is 0.0170. The molecule has 4 rings (SSSR count). The molecule has 1 fully saturated rings. The Morgan fingerprint density at radius 2 is 1.55 bits per heavy atom. The van der Waals surface area contributed by atoms with Gasteiger partial charge >= 0.3 is 11.8 Å². The number of aromatic nitrogens is 2. The van der Waals surface area contributed by atoms with Crippen LogP contribution in [0.5, 0.6) is 11.5 Å². The first-order chi connectivity index (χ1) is 14.2. The summed E-state index contributed by atoms with van der Waals surface area (Å²) < 4.78 is 16.4. The number of ether oxygens (including phenoxy) is 2. The molecule has 8 heteroatoms. The highest BCUT2D eigenvalue weighted by Crippen LogP contribution is 2.30. The largest absolute Gasteiger partial charge is 0.496 e. The molecule has 0 unspecified atom stereocenters. The fraction of sp³-hybridized carbons (Fsp3) is 0.286. The van der Waals surface area contributed by atoms with E-state index in [9.17, 15) is 4.79 Å². The van der Waals surface area contributed by atoms with E-state index in [1.54, 1.807) is 25.2 Å². The Labute approximate surface area is 168 Å². The number of hydrogen-bond donors (Lipinski definition) is 0. The third kappa shape index (κ3) is 3.73. The van der Waals surface area contributed by atoms with Crippen LogP contribution in [0.3, 0.4) is 0 Å². The van der Waals surface area contributed by atoms with Crippen molar-refractivity contribution in [3.8, 4) is 23.0 Å². The molecule has 1 amide bonds. The van der Waals surface area contributed by atoms with Gasteiger partial charge in [-0.25, -0.2) is 0 Å². The van der Waals surface area contributed by atoms with Crippen molar-refractivity contribution in [2.45, 2.75) is 0 Å². The van der Waals surface area contributed by atoms with Crippen LogP contribution < -0.4 is 14.4 Å². The molecule has 29 heavy (non-hydrogen) atoms. The maximum Gasteiger partial charge on any atom is 0.311 e. The van der Waals surface area contributed by atoms with Crippen molar-refractivity contribution in [2.75, 3.05) is 45.3 Å². The number of carbonyl (C=O) groups excluding carboxylic acids is 1. The van der Waals surface area contributed by atoms with Gasteiger partial charge in [0.05, 0.1) is 25.5 Å². The number of piperazine rings is 1. The van der Waals surface area contributed by atoms with Crippen LogP contribution >= 0.6 is 0 Å². The molecule has 0 bridgehead atoms. The average Bonchev–Trinajstić information content (AvgIpc) is 3.28. The van der Waals surface area contributed by atoms with Crippen molar-refractivity contribution < 1.29 is 18.7 Å². The zero-order chi connectivity index (χ0) is 20.2. The molecule has 0 aliphatic carbocycles. The van der Waals surface area contributed by atoms with E-state index in [-0.39, 0.29) is 17.7 Å². The SMILES string of the molecule is COc1ccccc1-c1nnc(C(=O)N2CCN(c3ccccc3OC)CC2)o1. The molecule has 0 spiro atoms. The first-order valence-corrected chi connectivity index (χ1v) is 9.35. The van der Waals surface area contributed by atoms with Gasteiger partial charge in [-0.3, -0.25) is 4.79 Å². The number of anilines is 1. The van der Waals surface area contributed by atoms with Crippen LogP contribution in [-0.4, -0.2) is 61.4 Å². The van der Waals surface area contributed by atoms with E-state index in [4.69, 9.17) is 13.9 Å². The summed E-state index contributed by atoms with van der Waals surface area (Å²) in [4.78, 5) is 16.8. The molecular formula is C21H22N4O4. The van der Waals surface area contributed by atoms with Crippen molar-refractivity contribution in [2.24, 2.45) is 0 Å². The molecule has 0 radical (unpaired) electrons. The summed E-state index contributed by atoms with van der Waals surface area (Å²) in [5.41, 5.74) is 1.68. The Balaban J connectivity index is 1.45. The second kappa shape index (κ2) is 8.22. The highest BCUT2D eigenvalue weighted by Gasteiger charge is 2.27. The third-order valence-corrected chi connectivity index (χ3v) is 4.94. The highest BCUT2D eigenvalue weighted by molar-refractivity contribution is 5.90. The summed E-state index contributed by atoms with van der Waals surface area (Å²) in [6.07, 6.45) is 0. The second-order valence-corrected chi connectivity index (χ2v) is 6.56. The van der Waals surface area contributed by atoms with Gasteiger partial charge in [0.25, 0.3) is 5.89 Å². The van der Waals surface area contributed by atoms with Gasteiger partial charge in [-0.05, 0) is 24.3 Å². The molecule has 3 aromatic rings. The smallest absolute Gasteiger partial charge is 0.311 e. The fourth-order valence-corrected chi connectivity index (χ4v) is 3.42. The first kappa shape index (κ1) is 18.8. The normalized spacial score (nSPS) is 14.0. The molecular weight excluding hydrogens is 372 g/mol. The number of carbonyl (C=O) groups is 1. The summed E-state index contributed by atoms with van der Waals surface area (Å²) in [7, 11) is 3.23. The van der Waals surface area contributed by atoms with Crippen LogP contribution in [0.4, 0.5) is 5.69 Å². The Morgan fingerprint density at radius 3 is 2.28 bits per heavy atom. The summed E-state index contributed by atoms with van der Waals surface area (Å²) >= 11 is 0. The topological polar surface area (TPSA) is 80.9 Å². The Hall–Kier alpha value is -3.55. The van der Waals surface area contributed by atoms with E-state index < -0.39 is 0 Å². The summed E-state index contributed by atoms with van der Waals surface area (Å²) in [6.45, 7) is 2.51. The predicted molar refractivity (Wildman–Crippen MR) is 107 cm³/mol. The molecule has 0 atom stereocenters. The highest BCUT2D eigenvalue weighted by atomic mass is 16.5. The molecule has 1 aliphatic heterocycles. The van der Waals surface area contributed by atoms with Crippen molar-refractivity contribution in [3.63, 3.8) is 0 Å². The van der Waals surface area contributed by atoms with Crippen LogP contribution in [0.2, 0.25) is 0 Å². The molecule has 0 N–H and O–H groups in total. The number of methoxy groups -OCH3 is 2. The second-order valence-electron chi connectivity index (χ2n) is 6.56. The van der Waals surface area contributed by atoms with Gasteiger partial charge in [-0.2, -0.15) is 0 Å². The van der Waals surface area contributed by atoms with E-state index in [0.717, 1.165) is 11.4 Å². The maximum atomic E-state index is 12.8. The lowest BCUT2D eigenvalue weighted by Crippen LogP contribution is -2.49. The number of amides is 1. The van der Waals surface area contributed by atoms with E-state index in [2.05, 4.69) is 15.1 Å². The van der Waals surface area contributed by atoms with E-state index in [0.29, 0.717) is 37.5 Å². The summed E-state index contributed by atoms with van der Waals surface area (Å²) in [5.74, 6) is 1.42. The van der Waals surface area contributed by atoms with Crippen molar-refractivity contribution >= 4 is 11.6 Å². The van der Waals surface area contributed by atoms with Crippen LogP contribution in [0.15, 0.2) is 52.9 Å². The Morgan fingerprint density at radius 1 is 0.897 bits per heavy atom. The third-order valence-electron chi connectivity index (χ3n) is 4.94. The van der Waals surface area contributed by atoms with E-state index >= 15 is 0 Å². The lowest BCUT2D eigenvalue weighted by Gasteiger charge is -2.36. The monoisotopic (exact) mass is 394 g/mol. The number of nitrogens with zero attached hydrogens (tertiary/aromatic N) is 4. The molecule has 2 aromatic carbocycles. The zero-order valence-corrected chi connectivity index (χ0v) is 16.4. The van der Waals surface area contributed by atoms with Crippen LogP contribution in [0, 0.1) is 0 Å². The number of benzene rings is 2. The van der Waals surface area contributed by atoms with Gasteiger partial charge in [-0.15, -0.1) is 10.2 Å². The van der Waals surface area contributed by atoms with Gasteiger partial charge in [0.2, 0.25) is 0 Å². The molecule has 1 saturated heterocycles. The molecule has 2 heterocycles. The van der Waals surface area contributed by atoms with Crippen LogP contribution in [0.1, 0.15) is 10.7 Å². The first-order valence-electron chi connectivity index (χ1n) is 9.35. The Bertz CT molecular complexity index is 996. The predicted octanol–water partition coefficient (Wildman–Crippen LogP) is 2.72. The quantitative estimate of drug-likeness (QED) is 0.658. The van der Waals surface area contributed by atoms with Gasteiger partial charge in [-0.1, -0.05) is 24.3 Å². The van der Waals surface area contributed by atoms with Gasteiger partial charge < -0.3 is 23.7 Å². The van der Waals surface area contributed by atoms with Crippen molar-refractivity contribution in [1.29, 1.82) is 0 Å². The molecule has 0 saturated carbocycles. The van der Waals surface area contributed by atoms with Crippen molar-refractivity contribution in [1.82, 2.24) is 15.1 Å². The lowest BCUT2D eigenvalue weighted by atomic mass is 10.2. The van der Waals surface area contributed by atoms with Gasteiger partial charge in [0.15, 0.2) is 0 Å². The van der Waals surface area contributed by atoms with Gasteiger partial charge in [0, 0.05) is 26.2 Å². The molecule has 8 nitrogen and oxygen atoms in total. The fourth-order valence-electron chi connectivity index (χ4n) is 3.42.